The maximum atomic E-state index is 11.3. The number of carbonyl (C=O) groups is 1. The third-order valence-electron chi connectivity index (χ3n) is 2.59. The van der Waals surface area contributed by atoms with Gasteiger partial charge in [0, 0.05) is 6.42 Å². The highest BCUT2D eigenvalue weighted by atomic mass is 16.1. The summed E-state index contributed by atoms with van der Waals surface area (Å²) in [5.74, 6) is 1.18. The Balaban J connectivity index is 2.54. The summed E-state index contributed by atoms with van der Waals surface area (Å²) >= 11 is 0. The van der Waals surface area contributed by atoms with Gasteiger partial charge in [0.2, 0.25) is 0 Å². The summed E-state index contributed by atoms with van der Waals surface area (Å²) < 4.78 is 2.03. The normalized spacial score (nSPS) is 10.9. The van der Waals surface area contributed by atoms with Gasteiger partial charge in [-0.05, 0) is 25.5 Å². The van der Waals surface area contributed by atoms with Crippen molar-refractivity contribution in [2.24, 2.45) is 0 Å². The highest BCUT2D eigenvalue weighted by Crippen LogP contribution is 2.17. The zero-order valence-corrected chi connectivity index (χ0v) is 9.73. The van der Waals surface area contributed by atoms with Gasteiger partial charge < -0.3 is 4.57 Å². The quantitative estimate of drug-likeness (QED) is 0.787. The van der Waals surface area contributed by atoms with Crippen LogP contribution in [0.2, 0.25) is 0 Å². The molecule has 0 saturated heterocycles. The van der Waals surface area contributed by atoms with Crippen molar-refractivity contribution in [2.75, 3.05) is 0 Å². The van der Waals surface area contributed by atoms with Crippen molar-refractivity contribution in [1.82, 2.24) is 9.55 Å². The van der Waals surface area contributed by atoms with Crippen molar-refractivity contribution < 1.29 is 4.79 Å². The molecule has 84 valence electrons. The van der Waals surface area contributed by atoms with Crippen LogP contribution in [0.15, 0.2) is 24.3 Å². The van der Waals surface area contributed by atoms with Crippen molar-refractivity contribution in [3.63, 3.8) is 0 Å². The molecule has 1 heterocycles. The van der Waals surface area contributed by atoms with E-state index in [0.29, 0.717) is 6.54 Å². The van der Waals surface area contributed by atoms with Gasteiger partial charge >= 0.3 is 0 Å². The summed E-state index contributed by atoms with van der Waals surface area (Å²) in [7, 11) is 0. The van der Waals surface area contributed by atoms with Crippen LogP contribution in [-0.4, -0.2) is 15.3 Å². The number of hydrogen-bond acceptors (Lipinski definition) is 2. The minimum atomic E-state index is 0.167. The first-order valence-corrected chi connectivity index (χ1v) is 5.66. The molecule has 0 bridgehead atoms. The SMILES string of the molecule is CCCc1nc2ccccc2n1CC(C)=O. The van der Waals surface area contributed by atoms with Crippen LogP contribution < -0.4 is 0 Å². The number of carbonyl (C=O) groups excluding carboxylic acids is 1. The molecule has 0 N–H and O–H groups in total. The van der Waals surface area contributed by atoms with Gasteiger partial charge in [-0.1, -0.05) is 19.1 Å². The predicted molar refractivity (Wildman–Crippen MR) is 64.4 cm³/mol. The van der Waals surface area contributed by atoms with E-state index < -0.39 is 0 Å². The molecule has 1 aromatic carbocycles. The van der Waals surface area contributed by atoms with E-state index in [2.05, 4.69) is 11.9 Å². The smallest absolute Gasteiger partial charge is 0.149 e. The molecule has 0 atom stereocenters. The Morgan fingerprint density at radius 1 is 1.38 bits per heavy atom. The number of hydrogen-bond donors (Lipinski definition) is 0. The maximum absolute atomic E-state index is 11.3. The minimum Gasteiger partial charge on any atom is -0.320 e. The lowest BCUT2D eigenvalue weighted by Gasteiger charge is -2.05. The standard InChI is InChI=1S/C13H16N2O/c1-3-6-13-14-11-7-4-5-8-12(11)15(13)9-10(2)16/h4-5,7-8H,3,6,9H2,1-2H3. The Morgan fingerprint density at radius 3 is 2.81 bits per heavy atom. The molecule has 0 aliphatic heterocycles. The fourth-order valence-corrected chi connectivity index (χ4v) is 1.94. The van der Waals surface area contributed by atoms with Crippen molar-refractivity contribution in [1.29, 1.82) is 0 Å². The third kappa shape index (κ3) is 1.98. The van der Waals surface area contributed by atoms with Crippen molar-refractivity contribution in [3.05, 3.63) is 30.1 Å². The summed E-state index contributed by atoms with van der Waals surface area (Å²) in [6.45, 7) is 4.16. The van der Waals surface area contributed by atoms with Crippen LogP contribution in [0, 0.1) is 0 Å². The Kier molecular flexibility index (Phi) is 3.04. The zero-order valence-electron chi connectivity index (χ0n) is 9.73. The number of ketones is 1. The zero-order chi connectivity index (χ0) is 11.5. The summed E-state index contributed by atoms with van der Waals surface area (Å²) in [5.41, 5.74) is 2.04. The van der Waals surface area contributed by atoms with E-state index in [1.54, 1.807) is 6.92 Å². The van der Waals surface area contributed by atoms with Gasteiger partial charge in [-0.3, -0.25) is 4.79 Å². The molecule has 16 heavy (non-hydrogen) atoms. The predicted octanol–water partition coefficient (Wildman–Crippen LogP) is 2.58. The number of para-hydroxylation sites is 2. The number of nitrogens with zero attached hydrogens (tertiary/aromatic N) is 2. The average Bonchev–Trinajstić information content (AvgIpc) is 2.57. The fraction of sp³-hybridized carbons (Fsp3) is 0.385. The molecule has 1 aromatic heterocycles. The molecule has 0 fully saturated rings. The summed E-state index contributed by atoms with van der Waals surface area (Å²) in [4.78, 5) is 15.8. The van der Waals surface area contributed by atoms with E-state index in [1.807, 2.05) is 28.8 Å². The molecule has 0 aliphatic rings. The Labute approximate surface area is 95.1 Å². The van der Waals surface area contributed by atoms with Gasteiger partial charge in [0.05, 0.1) is 17.6 Å². The van der Waals surface area contributed by atoms with Gasteiger partial charge in [0.15, 0.2) is 0 Å². The molecule has 3 nitrogen and oxygen atoms in total. The van der Waals surface area contributed by atoms with Gasteiger partial charge in [0.25, 0.3) is 0 Å². The molecule has 0 unspecified atom stereocenters. The lowest BCUT2D eigenvalue weighted by atomic mass is 10.3. The fourth-order valence-electron chi connectivity index (χ4n) is 1.94. The molecule has 0 aliphatic carbocycles. The van der Waals surface area contributed by atoms with Crippen LogP contribution in [0.4, 0.5) is 0 Å². The van der Waals surface area contributed by atoms with Crippen LogP contribution in [0.3, 0.4) is 0 Å². The maximum Gasteiger partial charge on any atom is 0.149 e. The topological polar surface area (TPSA) is 34.9 Å². The Bertz CT molecular complexity index is 514. The number of imidazole rings is 1. The van der Waals surface area contributed by atoms with E-state index in [4.69, 9.17) is 0 Å². The molecule has 2 rings (SSSR count). The van der Waals surface area contributed by atoms with E-state index in [1.165, 1.54) is 0 Å². The van der Waals surface area contributed by atoms with Crippen LogP contribution in [-0.2, 0) is 17.8 Å². The number of benzene rings is 1. The summed E-state index contributed by atoms with van der Waals surface area (Å²) in [5, 5.41) is 0. The van der Waals surface area contributed by atoms with Crippen molar-refractivity contribution in [3.8, 4) is 0 Å². The van der Waals surface area contributed by atoms with Crippen LogP contribution in [0.25, 0.3) is 11.0 Å². The summed E-state index contributed by atoms with van der Waals surface area (Å²) in [6.07, 6.45) is 1.96. The number of Topliss-reactive ketones (excluding diaryl/α,β-unsaturated/α-hetero) is 1. The third-order valence-corrected chi connectivity index (χ3v) is 2.59. The lowest BCUT2D eigenvalue weighted by Crippen LogP contribution is -2.09. The lowest BCUT2D eigenvalue weighted by molar-refractivity contribution is -0.117. The van der Waals surface area contributed by atoms with Crippen molar-refractivity contribution >= 4 is 16.8 Å². The number of aromatic nitrogens is 2. The molecule has 3 heteroatoms. The van der Waals surface area contributed by atoms with Crippen LogP contribution in [0.1, 0.15) is 26.1 Å². The van der Waals surface area contributed by atoms with Gasteiger partial charge in [0.1, 0.15) is 11.6 Å². The average molecular weight is 216 g/mol. The molecular weight excluding hydrogens is 200 g/mol. The first-order chi connectivity index (χ1) is 7.72. The van der Waals surface area contributed by atoms with Crippen LogP contribution >= 0.6 is 0 Å². The van der Waals surface area contributed by atoms with Gasteiger partial charge in [-0.15, -0.1) is 0 Å². The van der Waals surface area contributed by atoms with Crippen LogP contribution in [0.5, 0.6) is 0 Å². The summed E-state index contributed by atoms with van der Waals surface area (Å²) in [6, 6.07) is 7.97. The van der Waals surface area contributed by atoms with E-state index in [9.17, 15) is 4.79 Å². The first-order valence-electron chi connectivity index (χ1n) is 5.66. The molecule has 2 aromatic rings. The monoisotopic (exact) mass is 216 g/mol. The highest BCUT2D eigenvalue weighted by Gasteiger charge is 2.10. The molecule has 0 spiro atoms. The largest absolute Gasteiger partial charge is 0.320 e. The van der Waals surface area contributed by atoms with Crippen molar-refractivity contribution in [2.45, 2.75) is 33.2 Å². The minimum absolute atomic E-state index is 0.167. The second kappa shape index (κ2) is 4.47. The van der Waals surface area contributed by atoms with E-state index in [-0.39, 0.29) is 5.78 Å². The molecular formula is C13H16N2O. The Morgan fingerprint density at radius 2 is 2.12 bits per heavy atom. The molecule has 0 saturated carbocycles. The highest BCUT2D eigenvalue weighted by molar-refractivity contribution is 5.80. The molecule has 0 amide bonds. The first kappa shape index (κ1) is 10.9. The second-order valence-electron chi connectivity index (χ2n) is 4.05. The number of aryl methyl sites for hydroxylation is 1. The molecule has 0 radical (unpaired) electrons. The van der Waals surface area contributed by atoms with E-state index >= 15 is 0 Å². The van der Waals surface area contributed by atoms with E-state index in [0.717, 1.165) is 29.7 Å². The van der Waals surface area contributed by atoms with Gasteiger partial charge in [-0.25, -0.2) is 4.98 Å². The number of rotatable bonds is 4. The second-order valence-corrected chi connectivity index (χ2v) is 4.05. The number of fused-ring (bicyclic) bond motifs is 1. The van der Waals surface area contributed by atoms with Gasteiger partial charge in [-0.2, -0.15) is 0 Å². The Hall–Kier alpha value is -1.64.